The first-order valence-electron chi connectivity index (χ1n) is 7.65. The van der Waals surface area contributed by atoms with E-state index in [1.165, 1.54) is 29.0 Å². The number of rotatable bonds is 6. The first-order chi connectivity index (χ1) is 13.0. The summed E-state index contributed by atoms with van der Waals surface area (Å²) in [5.41, 5.74) is -5.23. The lowest BCUT2D eigenvalue weighted by Gasteiger charge is -2.13. The zero-order valence-corrected chi connectivity index (χ0v) is 14.8. The van der Waals surface area contributed by atoms with Crippen molar-refractivity contribution < 1.29 is 35.9 Å². The normalized spacial score (nSPS) is 12.9. The summed E-state index contributed by atoms with van der Waals surface area (Å²) in [5, 5.41) is 14.6. The molecule has 28 heavy (non-hydrogen) atoms. The number of amides is 2. The Kier molecular flexibility index (Phi) is 6.46. The molecule has 0 fully saturated rings. The number of anilines is 2. The van der Waals surface area contributed by atoms with Crippen molar-refractivity contribution in [2.75, 3.05) is 16.6 Å². The second-order valence-corrected chi connectivity index (χ2v) is 7.20. The van der Waals surface area contributed by atoms with E-state index in [0.29, 0.717) is 5.56 Å². The standard InChI is InChI=1S/C16H15F4N3O4S/c17-11-3-1-10(2-4-11)14(24)9-21-15(25)22-12-5-7-13(8-6-12)23-28(26,27)16(18,19)20/h1-8,14,23-24H,9H2,(H2,21,22,25). The number of aliphatic hydroxyl groups excluding tert-OH is 1. The van der Waals surface area contributed by atoms with Crippen LogP contribution in [0, 0.1) is 5.82 Å². The Morgan fingerprint density at radius 2 is 1.54 bits per heavy atom. The molecule has 4 N–H and O–H groups in total. The van der Waals surface area contributed by atoms with Gasteiger partial charge in [0.25, 0.3) is 0 Å². The minimum atomic E-state index is -5.53. The highest BCUT2D eigenvalue weighted by molar-refractivity contribution is 7.93. The van der Waals surface area contributed by atoms with Crippen LogP contribution < -0.4 is 15.4 Å². The van der Waals surface area contributed by atoms with Crippen LogP contribution in [0.5, 0.6) is 0 Å². The summed E-state index contributed by atoms with van der Waals surface area (Å²) in [4.78, 5) is 11.8. The summed E-state index contributed by atoms with van der Waals surface area (Å²) < 4.78 is 73.1. The van der Waals surface area contributed by atoms with Crippen LogP contribution >= 0.6 is 0 Å². The van der Waals surface area contributed by atoms with E-state index in [9.17, 15) is 35.9 Å². The number of urea groups is 1. The maximum absolute atomic E-state index is 12.8. The molecular formula is C16H15F4N3O4S. The van der Waals surface area contributed by atoms with Gasteiger partial charge in [0.2, 0.25) is 0 Å². The van der Waals surface area contributed by atoms with E-state index >= 15 is 0 Å². The van der Waals surface area contributed by atoms with Gasteiger partial charge in [-0.25, -0.2) is 9.18 Å². The molecule has 0 aliphatic rings. The van der Waals surface area contributed by atoms with Crippen molar-refractivity contribution in [2.45, 2.75) is 11.6 Å². The molecule has 0 saturated heterocycles. The number of aliphatic hydroxyl groups is 1. The number of nitrogens with one attached hydrogen (secondary N) is 3. The van der Waals surface area contributed by atoms with Crippen LogP contribution in [0.2, 0.25) is 0 Å². The molecule has 0 radical (unpaired) electrons. The summed E-state index contributed by atoms with van der Waals surface area (Å²) in [6.07, 6.45) is -1.08. The molecule has 152 valence electrons. The van der Waals surface area contributed by atoms with Gasteiger partial charge in [0.1, 0.15) is 5.82 Å². The molecule has 0 aromatic heterocycles. The monoisotopic (exact) mass is 421 g/mol. The molecule has 1 atom stereocenters. The quantitative estimate of drug-likeness (QED) is 0.538. The fourth-order valence-corrected chi connectivity index (χ4v) is 2.56. The van der Waals surface area contributed by atoms with Crippen molar-refractivity contribution in [3.05, 3.63) is 59.9 Å². The van der Waals surface area contributed by atoms with Crippen LogP contribution in [0.15, 0.2) is 48.5 Å². The van der Waals surface area contributed by atoms with Gasteiger partial charge in [0.05, 0.1) is 6.10 Å². The summed E-state index contributed by atoms with van der Waals surface area (Å²) in [5.74, 6) is -0.470. The van der Waals surface area contributed by atoms with Crippen molar-refractivity contribution in [2.24, 2.45) is 0 Å². The molecule has 2 amide bonds. The third-order valence-electron chi connectivity index (χ3n) is 3.41. The average molecular weight is 421 g/mol. The van der Waals surface area contributed by atoms with Crippen LogP contribution in [0.4, 0.5) is 33.7 Å². The number of hydrogen-bond acceptors (Lipinski definition) is 4. The van der Waals surface area contributed by atoms with Gasteiger partial charge in [-0.2, -0.15) is 21.6 Å². The molecule has 0 heterocycles. The summed E-state index contributed by atoms with van der Waals surface area (Å²) >= 11 is 0. The van der Waals surface area contributed by atoms with E-state index in [1.807, 2.05) is 0 Å². The third kappa shape index (κ3) is 5.82. The number of carbonyl (C=O) groups is 1. The Hall–Kier alpha value is -2.86. The Bertz CT molecular complexity index is 916. The SMILES string of the molecule is O=C(NCC(O)c1ccc(F)cc1)Nc1ccc(NS(=O)(=O)C(F)(F)F)cc1. The van der Waals surface area contributed by atoms with Crippen molar-refractivity contribution in [1.82, 2.24) is 5.32 Å². The van der Waals surface area contributed by atoms with Crippen molar-refractivity contribution in [1.29, 1.82) is 0 Å². The van der Waals surface area contributed by atoms with Gasteiger partial charge in [-0.05, 0) is 42.0 Å². The molecule has 2 rings (SSSR count). The van der Waals surface area contributed by atoms with Gasteiger partial charge in [-0.1, -0.05) is 12.1 Å². The zero-order chi connectivity index (χ0) is 20.9. The topological polar surface area (TPSA) is 108 Å². The van der Waals surface area contributed by atoms with Crippen molar-refractivity contribution >= 4 is 27.4 Å². The average Bonchev–Trinajstić information content (AvgIpc) is 2.61. The molecular weight excluding hydrogens is 406 g/mol. The lowest BCUT2D eigenvalue weighted by atomic mass is 10.1. The molecule has 0 aliphatic carbocycles. The van der Waals surface area contributed by atoms with Crippen LogP contribution in [0.3, 0.4) is 0 Å². The molecule has 0 spiro atoms. The fraction of sp³-hybridized carbons (Fsp3) is 0.188. The Labute approximate surface area is 157 Å². The second-order valence-electron chi connectivity index (χ2n) is 5.53. The number of carbonyl (C=O) groups excluding carboxylic acids is 1. The number of alkyl halides is 3. The minimum absolute atomic E-state index is 0.170. The van der Waals surface area contributed by atoms with E-state index in [4.69, 9.17) is 0 Å². The van der Waals surface area contributed by atoms with Gasteiger partial charge >= 0.3 is 21.6 Å². The Morgan fingerprint density at radius 3 is 2.07 bits per heavy atom. The van der Waals surface area contributed by atoms with E-state index in [1.54, 1.807) is 0 Å². The van der Waals surface area contributed by atoms with Gasteiger partial charge in [-0.3, -0.25) is 4.72 Å². The fourth-order valence-electron chi connectivity index (χ4n) is 2.00. The maximum atomic E-state index is 12.8. The minimum Gasteiger partial charge on any atom is -0.387 e. The third-order valence-corrected chi connectivity index (χ3v) is 4.52. The molecule has 0 aliphatic heterocycles. The highest BCUT2D eigenvalue weighted by Gasteiger charge is 2.46. The zero-order valence-electron chi connectivity index (χ0n) is 14.0. The predicted molar refractivity (Wildman–Crippen MR) is 93.4 cm³/mol. The van der Waals surface area contributed by atoms with E-state index in [2.05, 4.69) is 10.6 Å². The number of benzene rings is 2. The van der Waals surface area contributed by atoms with Crippen molar-refractivity contribution in [3.63, 3.8) is 0 Å². The maximum Gasteiger partial charge on any atom is 0.516 e. The first kappa shape index (κ1) is 21.4. The van der Waals surface area contributed by atoms with Crippen molar-refractivity contribution in [3.8, 4) is 0 Å². The van der Waals surface area contributed by atoms with Crippen LogP contribution in [0.1, 0.15) is 11.7 Å². The molecule has 0 bridgehead atoms. The molecule has 2 aromatic carbocycles. The van der Waals surface area contributed by atoms with E-state index in [-0.39, 0.29) is 17.9 Å². The second kappa shape index (κ2) is 8.44. The molecule has 12 heteroatoms. The highest BCUT2D eigenvalue weighted by atomic mass is 32.2. The number of hydrogen-bond donors (Lipinski definition) is 4. The van der Waals surface area contributed by atoms with E-state index in [0.717, 1.165) is 24.3 Å². The lowest BCUT2D eigenvalue weighted by molar-refractivity contribution is -0.0429. The Balaban J connectivity index is 1.88. The first-order valence-corrected chi connectivity index (χ1v) is 9.14. The highest BCUT2D eigenvalue weighted by Crippen LogP contribution is 2.25. The predicted octanol–water partition coefficient (Wildman–Crippen LogP) is 2.94. The van der Waals surface area contributed by atoms with Gasteiger partial charge in [0, 0.05) is 17.9 Å². The van der Waals surface area contributed by atoms with Crippen LogP contribution in [-0.2, 0) is 10.0 Å². The Morgan fingerprint density at radius 1 is 1.00 bits per heavy atom. The summed E-state index contributed by atoms with van der Waals surface area (Å²) in [6.45, 7) is -0.180. The number of halogens is 4. The number of sulfonamides is 1. The van der Waals surface area contributed by atoms with Gasteiger partial charge < -0.3 is 15.7 Å². The van der Waals surface area contributed by atoms with Crippen LogP contribution in [0.25, 0.3) is 0 Å². The molecule has 0 saturated carbocycles. The lowest BCUT2D eigenvalue weighted by Crippen LogP contribution is -2.32. The molecule has 7 nitrogen and oxygen atoms in total. The van der Waals surface area contributed by atoms with E-state index < -0.39 is 33.5 Å². The molecule has 2 aromatic rings. The summed E-state index contributed by atoms with van der Waals surface area (Å²) in [7, 11) is -5.53. The molecule has 1 unspecified atom stereocenters. The van der Waals surface area contributed by atoms with Gasteiger partial charge in [-0.15, -0.1) is 0 Å². The van der Waals surface area contributed by atoms with Crippen LogP contribution in [-0.4, -0.2) is 31.6 Å². The summed E-state index contributed by atoms with van der Waals surface area (Å²) in [6, 6.07) is 8.76. The van der Waals surface area contributed by atoms with Gasteiger partial charge in [0.15, 0.2) is 0 Å². The smallest absolute Gasteiger partial charge is 0.387 e. The largest absolute Gasteiger partial charge is 0.516 e.